The second-order valence-corrected chi connectivity index (χ2v) is 8.54. The Morgan fingerprint density at radius 1 is 1.03 bits per heavy atom. The smallest absolute Gasteiger partial charge is 0.338 e. The number of hydrogen-bond donors (Lipinski definition) is 2. The Morgan fingerprint density at radius 2 is 1.73 bits per heavy atom. The maximum Gasteiger partial charge on any atom is 0.338 e. The van der Waals surface area contributed by atoms with Crippen LogP contribution in [0.2, 0.25) is 5.02 Å². The van der Waals surface area contributed by atoms with Gasteiger partial charge in [0.1, 0.15) is 6.04 Å². The summed E-state index contributed by atoms with van der Waals surface area (Å²) in [6.45, 7) is 1.97. The standard InChI is InChI=1S/C28H24ClN3O5/c1-2-37-28(36)19-11-14-20(15-12-19)30-25(33)17-24-27(35)31-22-9-5-6-10-23(22)32(24)26(34)16-13-18-7-3-4-8-21(18)29/h3-16,24H,2,17H2,1H3,(H,30,33)(H,31,35)/b16-13+/t24-/m1/s1. The van der Waals surface area contributed by atoms with E-state index in [2.05, 4.69) is 10.6 Å². The topological polar surface area (TPSA) is 105 Å². The van der Waals surface area contributed by atoms with Gasteiger partial charge in [-0.25, -0.2) is 4.79 Å². The lowest BCUT2D eigenvalue weighted by Gasteiger charge is -2.35. The zero-order valence-corrected chi connectivity index (χ0v) is 20.7. The van der Waals surface area contributed by atoms with Crippen LogP contribution in [0.1, 0.15) is 29.3 Å². The molecule has 1 aliphatic rings. The highest BCUT2D eigenvalue weighted by Crippen LogP contribution is 2.33. The summed E-state index contributed by atoms with van der Waals surface area (Å²) in [4.78, 5) is 52.4. The van der Waals surface area contributed by atoms with Gasteiger partial charge < -0.3 is 15.4 Å². The second kappa shape index (κ2) is 11.5. The number of nitrogens with one attached hydrogen (secondary N) is 2. The Labute approximate surface area is 218 Å². The molecule has 188 valence electrons. The zero-order chi connectivity index (χ0) is 26.4. The van der Waals surface area contributed by atoms with E-state index in [9.17, 15) is 19.2 Å². The molecule has 8 nitrogen and oxygen atoms in total. The van der Waals surface area contributed by atoms with Gasteiger partial charge in [0.2, 0.25) is 11.8 Å². The van der Waals surface area contributed by atoms with Gasteiger partial charge in [0, 0.05) is 16.8 Å². The van der Waals surface area contributed by atoms with Gasteiger partial charge in [-0.1, -0.05) is 41.9 Å². The number of fused-ring (bicyclic) bond motifs is 1. The molecule has 2 N–H and O–H groups in total. The maximum atomic E-state index is 13.3. The van der Waals surface area contributed by atoms with Crippen molar-refractivity contribution >= 4 is 58.4 Å². The molecule has 0 fully saturated rings. The van der Waals surface area contributed by atoms with Crippen molar-refractivity contribution in [3.05, 3.63) is 95.0 Å². The molecule has 0 aliphatic carbocycles. The third-order valence-electron chi connectivity index (χ3n) is 5.64. The molecule has 1 atom stereocenters. The number of esters is 1. The molecule has 1 heterocycles. The van der Waals surface area contributed by atoms with Gasteiger partial charge in [0.15, 0.2) is 0 Å². The number of carbonyl (C=O) groups is 4. The molecular weight excluding hydrogens is 494 g/mol. The molecule has 0 unspecified atom stereocenters. The highest BCUT2D eigenvalue weighted by molar-refractivity contribution is 6.32. The Kier molecular flexibility index (Phi) is 8.00. The van der Waals surface area contributed by atoms with Gasteiger partial charge in [-0.2, -0.15) is 0 Å². The number of para-hydroxylation sites is 2. The first kappa shape index (κ1) is 25.7. The Hall–Kier alpha value is -4.43. The van der Waals surface area contributed by atoms with E-state index < -0.39 is 29.7 Å². The summed E-state index contributed by atoms with van der Waals surface area (Å²) in [5.74, 6) is -1.89. The summed E-state index contributed by atoms with van der Waals surface area (Å²) in [7, 11) is 0. The van der Waals surface area contributed by atoms with Gasteiger partial charge in [0.05, 0.1) is 30.0 Å². The summed E-state index contributed by atoms with van der Waals surface area (Å²) in [5, 5.41) is 5.96. The van der Waals surface area contributed by atoms with Crippen molar-refractivity contribution < 1.29 is 23.9 Å². The van der Waals surface area contributed by atoms with Crippen LogP contribution >= 0.6 is 11.6 Å². The summed E-state index contributed by atoms with van der Waals surface area (Å²) in [6, 6.07) is 19.1. The van der Waals surface area contributed by atoms with E-state index >= 15 is 0 Å². The maximum absolute atomic E-state index is 13.3. The average Bonchev–Trinajstić information content (AvgIpc) is 2.89. The van der Waals surface area contributed by atoms with Crippen molar-refractivity contribution in [2.45, 2.75) is 19.4 Å². The van der Waals surface area contributed by atoms with Crippen molar-refractivity contribution in [1.29, 1.82) is 0 Å². The van der Waals surface area contributed by atoms with Gasteiger partial charge in [-0.3, -0.25) is 19.3 Å². The van der Waals surface area contributed by atoms with Gasteiger partial charge in [-0.15, -0.1) is 0 Å². The predicted molar refractivity (Wildman–Crippen MR) is 142 cm³/mol. The summed E-state index contributed by atoms with van der Waals surface area (Å²) in [5.41, 5.74) is 2.38. The Bertz CT molecular complexity index is 1370. The zero-order valence-electron chi connectivity index (χ0n) is 19.9. The van der Waals surface area contributed by atoms with Crippen molar-refractivity contribution in [2.24, 2.45) is 0 Å². The SMILES string of the molecule is CCOC(=O)c1ccc(NC(=O)C[C@@H]2C(=O)Nc3ccccc3N2C(=O)/C=C/c2ccccc2Cl)cc1. The molecular formula is C28H24ClN3O5. The van der Waals surface area contributed by atoms with E-state index in [-0.39, 0.29) is 13.0 Å². The number of rotatable bonds is 7. The molecule has 9 heteroatoms. The summed E-state index contributed by atoms with van der Waals surface area (Å²) < 4.78 is 4.96. The predicted octanol–water partition coefficient (Wildman–Crippen LogP) is 4.91. The molecule has 0 aromatic heterocycles. The van der Waals surface area contributed by atoms with E-state index in [4.69, 9.17) is 16.3 Å². The van der Waals surface area contributed by atoms with Crippen molar-refractivity contribution in [3.63, 3.8) is 0 Å². The quantitative estimate of drug-likeness (QED) is 0.342. The monoisotopic (exact) mass is 517 g/mol. The first-order valence-corrected chi connectivity index (χ1v) is 12.0. The average molecular weight is 518 g/mol. The van der Waals surface area contributed by atoms with Crippen LogP contribution in [0.25, 0.3) is 6.08 Å². The molecule has 0 saturated heterocycles. The molecule has 37 heavy (non-hydrogen) atoms. The lowest BCUT2D eigenvalue weighted by Crippen LogP contribution is -2.52. The van der Waals surface area contributed by atoms with Crippen LogP contribution in [0, 0.1) is 0 Å². The molecule has 0 radical (unpaired) electrons. The molecule has 0 saturated carbocycles. The van der Waals surface area contributed by atoms with Crippen LogP contribution < -0.4 is 15.5 Å². The number of ether oxygens (including phenoxy) is 1. The Balaban J connectivity index is 1.54. The highest BCUT2D eigenvalue weighted by Gasteiger charge is 2.37. The van der Waals surface area contributed by atoms with Crippen LogP contribution in [-0.4, -0.2) is 36.3 Å². The van der Waals surface area contributed by atoms with E-state index in [0.29, 0.717) is 33.2 Å². The summed E-state index contributed by atoms with van der Waals surface area (Å²) >= 11 is 6.20. The van der Waals surface area contributed by atoms with Gasteiger partial charge in [-0.05, 0) is 61.0 Å². The lowest BCUT2D eigenvalue weighted by molar-refractivity contribution is -0.124. The molecule has 4 rings (SSSR count). The Morgan fingerprint density at radius 3 is 2.46 bits per heavy atom. The van der Waals surface area contributed by atoms with Crippen molar-refractivity contribution in [3.8, 4) is 0 Å². The number of anilines is 3. The summed E-state index contributed by atoms with van der Waals surface area (Å²) in [6.07, 6.45) is 2.61. The first-order chi connectivity index (χ1) is 17.9. The van der Waals surface area contributed by atoms with Crippen LogP contribution in [-0.2, 0) is 19.1 Å². The first-order valence-electron chi connectivity index (χ1n) is 11.6. The largest absolute Gasteiger partial charge is 0.462 e. The number of amides is 3. The molecule has 3 aromatic rings. The molecule has 0 bridgehead atoms. The second-order valence-electron chi connectivity index (χ2n) is 8.14. The lowest BCUT2D eigenvalue weighted by atomic mass is 10.0. The van der Waals surface area contributed by atoms with E-state index in [1.54, 1.807) is 73.7 Å². The molecule has 0 spiro atoms. The van der Waals surface area contributed by atoms with E-state index in [1.807, 2.05) is 0 Å². The van der Waals surface area contributed by atoms with E-state index in [0.717, 1.165) is 0 Å². The number of benzene rings is 3. The van der Waals surface area contributed by atoms with Crippen LogP contribution in [0.5, 0.6) is 0 Å². The van der Waals surface area contributed by atoms with Crippen molar-refractivity contribution in [1.82, 2.24) is 0 Å². The number of halogens is 1. The highest BCUT2D eigenvalue weighted by atomic mass is 35.5. The van der Waals surface area contributed by atoms with Gasteiger partial charge >= 0.3 is 5.97 Å². The van der Waals surface area contributed by atoms with Crippen LogP contribution in [0.15, 0.2) is 78.9 Å². The van der Waals surface area contributed by atoms with Crippen LogP contribution in [0.3, 0.4) is 0 Å². The number of hydrogen-bond acceptors (Lipinski definition) is 5. The minimum Gasteiger partial charge on any atom is -0.462 e. The minimum absolute atomic E-state index is 0.257. The number of carbonyl (C=O) groups excluding carboxylic acids is 4. The fourth-order valence-corrected chi connectivity index (χ4v) is 4.09. The fourth-order valence-electron chi connectivity index (χ4n) is 3.89. The molecule has 1 aliphatic heterocycles. The fraction of sp³-hybridized carbons (Fsp3) is 0.143. The third-order valence-corrected chi connectivity index (χ3v) is 5.99. The van der Waals surface area contributed by atoms with Crippen molar-refractivity contribution in [2.75, 3.05) is 22.1 Å². The normalized spacial score (nSPS) is 14.6. The minimum atomic E-state index is -1.09. The van der Waals surface area contributed by atoms with E-state index in [1.165, 1.54) is 23.1 Å². The van der Waals surface area contributed by atoms with Gasteiger partial charge in [0.25, 0.3) is 5.91 Å². The third kappa shape index (κ3) is 6.05. The molecule has 3 amide bonds. The van der Waals surface area contributed by atoms with Crippen LogP contribution in [0.4, 0.5) is 17.1 Å². The number of nitrogens with zero attached hydrogens (tertiary/aromatic N) is 1. The molecule has 3 aromatic carbocycles.